The summed E-state index contributed by atoms with van der Waals surface area (Å²) in [7, 11) is 1.74. The summed E-state index contributed by atoms with van der Waals surface area (Å²) in [5.41, 5.74) is 0. The molecule has 0 aromatic carbocycles. The summed E-state index contributed by atoms with van der Waals surface area (Å²) in [6.07, 6.45) is 2.84. The fourth-order valence-electron chi connectivity index (χ4n) is 2.60. The first-order chi connectivity index (χ1) is 8.58. The summed E-state index contributed by atoms with van der Waals surface area (Å²) in [6, 6.07) is -0.00380. The standard InChI is InChI=1S/C12H20N2O4/c1-13-9(4-5-11(15)16)7-14(12(13)17)8-10-3-2-6-18-10/h9-10H,2-8H2,1H3,(H,15,16). The topological polar surface area (TPSA) is 70.1 Å². The zero-order chi connectivity index (χ0) is 13.1. The smallest absolute Gasteiger partial charge is 0.320 e. The van der Waals surface area contributed by atoms with Gasteiger partial charge in [-0.25, -0.2) is 4.79 Å². The van der Waals surface area contributed by atoms with Gasteiger partial charge in [0.15, 0.2) is 0 Å². The van der Waals surface area contributed by atoms with Crippen molar-refractivity contribution in [3.63, 3.8) is 0 Å². The number of carboxylic acids is 1. The molecule has 1 N–H and O–H groups in total. The largest absolute Gasteiger partial charge is 0.481 e. The Bertz CT molecular complexity index is 328. The maximum Gasteiger partial charge on any atom is 0.320 e. The molecule has 2 heterocycles. The zero-order valence-corrected chi connectivity index (χ0v) is 10.7. The van der Waals surface area contributed by atoms with E-state index in [2.05, 4.69) is 0 Å². The number of urea groups is 1. The van der Waals surface area contributed by atoms with Gasteiger partial charge < -0.3 is 19.6 Å². The number of carbonyl (C=O) groups excluding carboxylic acids is 1. The number of ether oxygens (including phenoxy) is 1. The van der Waals surface area contributed by atoms with E-state index < -0.39 is 5.97 Å². The highest BCUT2D eigenvalue weighted by molar-refractivity contribution is 5.77. The van der Waals surface area contributed by atoms with Crippen LogP contribution in [0.3, 0.4) is 0 Å². The molecule has 2 saturated heterocycles. The van der Waals surface area contributed by atoms with E-state index in [-0.39, 0.29) is 24.6 Å². The van der Waals surface area contributed by atoms with Crippen LogP contribution in [0.2, 0.25) is 0 Å². The minimum absolute atomic E-state index is 0.00926. The number of nitrogens with zero attached hydrogens (tertiary/aromatic N) is 2. The van der Waals surface area contributed by atoms with Crippen LogP contribution in [0.4, 0.5) is 4.79 Å². The lowest BCUT2D eigenvalue weighted by molar-refractivity contribution is -0.137. The summed E-state index contributed by atoms with van der Waals surface area (Å²) in [6.45, 7) is 2.03. The molecule has 2 amide bonds. The molecule has 6 heteroatoms. The fraction of sp³-hybridized carbons (Fsp3) is 0.833. The maximum absolute atomic E-state index is 12.0. The van der Waals surface area contributed by atoms with E-state index in [4.69, 9.17) is 9.84 Å². The second-order valence-corrected chi connectivity index (χ2v) is 5.02. The number of likely N-dealkylation sites (N-methyl/N-ethyl adjacent to an activating group) is 1. The molecule has 0 radical (unpaired) electrons. The summed E-state index contributed by atoms with van der Waals surface area (Å²) in [5.74, 6) is -0.812. The Kier molecular flexibility index (Phi) is 4.06. The average molecular weight is 256 g/mol. The molecule has 2 unspecified atom stereocenters. The molecule has 2 atom stereocenters. The van der Waals surface area contributed by atoms with Gasteiger partial charge >= 0.3 is 12.0 Å². The molecule has 0 aliphatic carbocycles. The Morgan fingerprint density at radius 1 is 1.56 bits per heavy atom. The second kappa shape index (κ2) is 5.56. The zero-order valence-electron chi connectivity index (χ0n) is 10.7. The van der Waals surface area contributed by atoms with Crippen LogP contribution in [0, 0.1) is 0 Å². The van der Waals surface area contributed by atoms with Gasteiger partial charge in [0.1, 0.15) is 0 Å². The number of hydrogen-bond donors (Lipinski definition) is 1. The number of carbonyl (C=O) groups is 2. The van der Waals surface area contributed by atoms with Gasteiger partial charge in [0.05, 0.1) is 12.1 Å². The first-order valence-corrected chi connectivity index (χ1v) is 6.43. The van der Waals surface area contributed by atoms with Crippen molar-refractivity contribution in [1.29, 1.82) is 0 Å². The number of rotatable bonds is 5. The van der Waals surface area contributed by atoms with Crippen molar-refractivity contribution in [3.05, 3.63) is 0 Å². The summed E-state index contributed by atoms with van der Waals surface area (Å²) in [5, 5.41) is 8.68. The van der Waals surface area contributed by atoms with E-state index in [0.717, 1.165) is 19.4 Å². The third-order valence-corrected chi connectivity index (χ3v) is 3.69. The van der Waals surface area contributed by atoms with E-state index in [1.807, 2.05) is 0 Å². The third kappa shape index (κ3) is 2.93. The molecule has 0 spiro atoms. The maximum atomic E-state index is 12.0. The monoisotopic (exact) mass is 256 g/mol. The highest BCUT2D eigenvalue weighted by Crippen LogP contribution is 2.21. The Morgan fingerprint density at radius 2 is 2.33 bits per heavy atom. The first kappa shape index (κ1) is 13.1. The summed E-state index contributed by atoms with van der Waals surface area (Å²) < 4.78 is 5.53. The lowest BCUT2D eigenvalue weighted by atomic mass is 10.1. The van der Waals surface area contributed by atoms with Crippen LogP contribution in [-0.2, 0) is 9.53 Å². The van der Waals surface area contributed by atoms with Crippen LogP contribution in [0.5, 0.6) is 0 Å². The molecular weight excluding hydrogens is 236 g/mol. The van der Waals surface area contributed by atoms with E-state index in [0.29, 0.717) is 19.5 Å². The molecule has 6 nitrogen and oxygen atoms in total. The van der Waals surface area contributed by atoms with Crippen LogP contribution in [0.1, 0.15) is 25.7 Å². The summed E-state index contributed by atoms with van der Waals surface area (Å²) >= 11 is 0. The Balaban J connectivity index is 1.85. The van der Waals surface area contributed by atoms with Gasteiger partial charge in [-0.1, -0.05) is 0 Å². The van der Waals surface area contributed by atoms with Gasteiger partial charge in [0, 0.05) is 33.2 Å². The second-order valence-electron chi connectivity index (χ2n) is 5.02. The van der Waals surface area contributed by atoms with E-state index >= 15 is 0 Å². The van der Waals surface area contributed by atoms with Crippen molar-refractivity contribution in [2.45, 2.75) is 37.8 Å². The van der Waals surface area contributed by atoms with Crippen molar-refractivity contribution >= 4 is 12.0 Å². The van der Waals surface area contributed by atoms with Crippen molar-refractivity contribution in [3.8, 4) is 0 Å². The predicted octanol–water partition coefficient (Wildman–Crippen LogP) is 0.766. The van der Waals surface area contributed by atoms with Crippen molar-refractivity contribution < 1.29 is 19.4 Å². The predicted molar refractivity (Wildman–Crippen MR) is 64.4 cm³/mol. The van der Waals surface area contributed by atoms with Crippen molar-refractivity contribution in [1.82, 2.24) is 9.80 Å². The molecule has 2 aliphatic heterocycles. The van der Waals surface area contributed by atoms with Crippen molar-refractivity contribution in [2.24, 2.45) is 0 Å². The van der Waals surface area contributed by atoms with Gasteiger partial charge in [0.25, 0.3) is 0 Å². The average Bonchev–Trinajstić information content (AvgIpc) is 2.91. The van der Waals surface area contributed by atoms with Crippen LogP contribution in [-0.4, -0.2) is 65.8 Å². The molecular formula is C12H20N2O4. The van der Waals surface area contributed by atoms with Gasteiger partial charge in [0.2, 0.25) is 0 Å². The number of amides is 2. The quantitative estimate of drug-likeness (QED) is 0.788. The van der Waals surface area contributed by atoms with Crippen LogP contribution in [0.25, 0.3) is 0 Å². The molecule has 0 saturated carbocycles. The van der Waals surface area contributed by atoms with Crippen LogP contribution in [0.15, 0.2) is 0 Å². The lowest BCUT2D eigenvalue weighted by Crippen LogP contribution is -2.35. The van der Waals surface area contributed by atoms with Crippen molar-refractivity contribution in [2.75, 3.05) is 26.7 Å². The minimum atomic E-state index is -0.812. The molecule has 18 heavy (non-hydrogen) atoms. The van der Waals surface area contributed by atoms with Crippen LogP contribution < -0.4 is 0 Å². The normalized spacial score (nSPS) is 28.2. The molecule has 102 valence electrons. The van der Waals surface area contributed by atoms with E-state index in [1.54, 1.807) is 16.8 Å². The molecule has 0 aromatic heterocycles. The minimum Gasteiger partial charge on any atom is -0.481 e. The highest BCUT2D eigenvalue weighted by Gasteiger charge is 2.36. The van der Waals surface area contributed by atoms with E-state index in [1.165, 1.54) is 0 Å². The lowest BCUT2D eigenvalue weighted by Gasteiger charge is -2.19. The Hall–Kier alpha value is -1.30. The fourth-order valence-corrected chi connectivity index (χ4v) is 2.60. The number of hydrogen-bond acceptors (Lipinski definition) is 3. The van der Waals surface area contributed by atoms with Gasteiger partial charge in [-0.3, -0.25) is 4.79 Å². The van der Waals surface area contributed by atoms with Crippen LogP contribution >= 0.6 is 0 Å². The van der Waals surface area contributed by atoms with Gasteiger partial charge in [-0.2, -0.15) is 0 Å². The first-order valence-electron chi connectivity index (χ1n) is 6.43. The number of carboxylic acid groups (broad SMARTS) is 1. The molecule has 0 bridgehead atoms. The molecule has 0 aromatic rings. The molecule has 2 fully saturated rings. The highest BCUT2D eigenvalue weighted by atomic mass is 16.5. The number of aliphatic carboxylic acids is 1. The van der Waals surface area contributed by atoms with Gasteiger partial charge in [-0.15, -0.1) is 0 Å². The SMILES string of the molecule is CN1C(=O)N(CC2CCCO2)CC1CCC(=O)O. The Morgan fingerprint density at radius 3 is 2.94 bits per heavy atom. The summed E-state index contributed by atoms with van der Waals surface area (Å²) in [4.78, 5) is 26.0. The van der Waals surface area contributed by atoms with Gasteiger partial charge in [-0.05, 0) is 19.3 Å². The Labute approximate surface area is 106 Å². The molecule has 2 aliphatic rings. The molecule has 2 rings (SSSR count). The van der Waals surface area contributed by atoms with E-state index in [9.17, 15) is 9.59 Å². The third-order valence-electron chi connectivity index (χ3n) is 3.69.